The lowest BCUT2D eigenvalue weighted by Crippen LogP contribution is -2.19. The summed E-state index contributed by atoms with van der Waals surface area (Å²) in [5.74, 6) is 0. The summed E-state index contributed by atoms with van der Waals surface area (Å²) < 4.78 is 0. The van der Waals surface area contributed by atoms with Crippen molar-refractivity contribution in [2.75, 3.05) is 0 Å². The normalized spacial score (nSPS) is 15.1. The maximum Gasteiger partial charge on any atom is 0.0923 e. The van der Waals surface area contributed by atoms with Gasteiger partial charge in [0.05, 0.1) is 5.60 Å². The van der Waals surface area contributed by atoms with Crippen molar-refractivity contribution < 1.29 is 5.11 Å². The minimum absolute atomic E-state index is 0.550. The van der Waals surface area contributed by atoms with Gasteiger partial charge < -0.3 is 10.1 Å². The van der Waals surface area contributed by atoms with Crippen LogP contribution in [-0.2, 0) is 5.60 Å². The van der Waals surface area contributed by atoms with Gasteiger partial charge in [-0.2, -0.15) is 0 Å². The number of para-hydroxylation sites is 1. The molecule has 2 rings (SSSR count). The van der Waals surface area contributed by atoms with Crippen molar-refractivity contribution in [3.05, 3.63) is 48.7 Å². The van der Waals surface area contributed by atoms with Crippen molar-refractivity contribution in [2.45, 2.75) is 18.9 Å². The van der Waals surface area contributed by atoms with E-state index in [-0.39, 0.29) is 0 Å². The van der Waals surface area contributed by atoms with Gasteiger partial charge in [-0.15, -0.1) is 6.58 Å². The number of hydrogen-bond donors (Lipinski definition) is 2. The Hall–Kier alpha value is -1.54. The van der Waals surface area contributed by atoms with Gasteiger partial charge in [0.15, 0.2) is 0 Å². The molecule has 1 atom stereocenters. The fourth-order valence-electron chi connectivity index (χ4n) is 1.91. The van der Waals surface area contributed by atoms with Crippen LogP contribution in [0, 0.1) is 0 Å². The highest BCUT2D eigenvalue weighted by molar-refractivity contribution is 5.83. The number of aromatic nitrogens is 1. The molecule has 0 aliphatic carbocycles. The molecule has 2 heteroatoms. The molecular formula is C13H15NO. The Morgan fingerprint density at radius 2 is 2.20 bits per heavy atom. The maximum absolute atomic E-state index is 10.3. The topological polar surface area (TPSA) is 36.0 Å². The van der Waals surface area contributed by atoms with Gasteiger partial charge in [-0.25, -0.2) is 0 Å². The van der Waals surface area contributed by atoms with Gasteiger partial charge in [-0.05, 0) is 19.4 Å². The Labute approximate surface area is 89.3 Å². The molecule has 1 heterocycles. The van der Waals surface area contributed by atoms with E-state index in [1.165, 1.54) is 0 Å². The number of aliphatic hydroxyl groups is 1. The van der Waals surface area contributed by atoms with Gasteiger partial charge in [-0.3, -0.25) is 0 Å². The van der Waals surface area contributed by atoms with Crippen LogP contribution in [0.5, 0.6) is 0 Å². The lowest BCUT2D eigenvalue weighted by atomic mass is 9.92. The van der Waals surface area contributed by atoms with Gasteiger partial charge in [0.2, 0.25) is 0 Å². The average Bonchev–Trinajstić information content (AvgIpc) is 2.61. The largest absolute Gasteiger partial charge is 0.385 e. The Morgan fingerprint density at radius 3 is 2.93 bits per heavy atom. The number of H-pyrrole nitrogens is 1. The Kier molecular flexibility index (Phi) is 2.37. The first kappa shape index (κ1) is 9.99. The van der Waals surface area contributed by atoms with Gasteiger partial charge in [0, 0.05) is 22.7 Å². The Morgan fingerprint density at radius 1 is 1.47 bits per heavy atom. The van der Waals surface area contributed by atoms with E-state index in [9.17, 15) is 5.11 Å². The van der Waals surface area contributed by atoms with Gasteiger partial charge in [0.1, 0.15) is 0 Å². The minimum atomic E-state index is -0.846. The van der Waals surface area contributed by atoms with Crippen LogP contribution >= 0.6 is 0 Å². The summed E-state index contributed by atoms with van der Waals surface area (Å²) in [5.41, 5.74) is 1.14. The third-order valence-electron chi connectivity index (χ3n) is 2.71. The number of nitrogens with one attached hydrogen (secondary N) is 1. The van der Waals surface area contributed by atoms with E-state index in [1.54, 1.807) is 6.08 Å². The minimum Gasteiger partial charge on any atom is -0.385 e. The molecule has 2 aromatic rings. The van der Waals surface area contributed by atoms with E-state index in [1.807, 2.05) is 37.4 Å². The lowest BCUT2D eigenvalue weighted by Gasteiger charge is -2.20. The molecule has 0 amide bonds. The quantitative estimate of drug-likeness (QED) is 0.736. The molecule has 2 nitrogen and oxygen atoms in total. The maximum atomic E-state index is 10.3. The van der Waals surface area contributed by atoms with Crippen LogP contribution in [0.15, 0.2) is 43.1 Å². The van der Waals surface area contributed by atoms with Crippen LogP contribution in [0.25, 0.3) is 10.9 Å². The molecule has 1 aromatic heterocycles. The smallest absolute Gasteiger partial charge is 0.0923 e. The second kappa shape index (κ2) is 3.55. The first-order valence-electron chi connectivity index (χ1n) is 5.05. The summed E-state index contributed by atoms with van der Waals surface area (Å²) in [6.45, 7) is 5.48. The first-order valence-corrected chi connectivity index (χ1v) is 5.05. The number of fused-ring (bicyclic) bond motifs is 1. The molecule has 0 aliphatic heterocycles. The number of benzene rings is 1. The fourth-order valence-corrected chi connectivity index (χ4v) is 1.91. The van der Waals surface area contributed by atoms with Gasteiger partial charge in [-0.1, -0.05) is 24.3 Å². The van der Waals surface area contributed by atoms with Crippen molar-refractivity contribution in [2.24, 2.45) is 0 Å². The summed E-state index contributed by atoms with van der Waals surface area (Å²) in [7, 11) is 0. The SMILES string of the molecule is C=CCC(C)(O)c1c[nH]c2ccccc12. The van der Waals surface area contributed by atoms with Crippen molar-refractivity contribution >= 4 is 10.9 Å². The summed E-state index contributed by atoms with van der Waals surface area (Å²) >= 11 is 0. The van der Waals surface area contributed by atoms with Crippen LogP contribution in [0.1, 0.15) is 18.9 Å². The average molecular weight is 201 g/mol. The van der Waals surface area contributed by atoms with E-state index >= 15 is 0 Å². The van der Waals surface area contributed by atoms with Crippen LogP contribution in [-0.4, -0.2) is 10.1 Å². The zero-order valence-corrected chi connectivity index (χ0v) is 8.83. The standard InChI is InChI=1S/C13H15NO/c1-3-8-13(2,15)11-9-14-12-7-5-4-6-10(11)12/h3-7,9,14-15H,1,8H2,2H3. The molecule has 78 valence electrons. The summed E-state index contributed by atoms with van der Waals surface area (Å²) in [4.78, 5) is 3.16. The van der Waals surface area contributed by atoms with E-state index in [0.29, 0.717) is 6.42 Å². The molecule has 0 radical (unpaired) electrons. The molecule has 2 N–H and O–H groups in total. The predicted octanol–water partition coefficient (Wildman–Crippen LogP) is 2.95. The third-order valence-corrected chi connectivity index (χ3v) is 2.71. The summed E-state index contributed by atoms with van der Waals surface area (Å²) in [6.07, 6.45) is 4.16. The highest BCUT2D eigenvalue weighted by Crippen LogP contribution is 2.31. The molecule has 1 unspecified atom stereocenters. The van der Waals surface area contributed by atoms with Gasteiger partial charge in [0.25, 0.3) is 0 Å². The molecule has 15 heavy (non-hydrogen) atoms. The fraction of sp³-hybridized carbons (Fsp3) is 0.231. The van der Waals surface area contributed by atoms with Crippen molar-refractivity contribution in [3.8, 4) is 0 Å². The zero-order chi connectivity index (χ0) is 10.9. The second-order valence-electron chi connectivity index (χ2n) is 4.01. The van der Waals surface area contributed by atoms with E-state index in [0.717, 1.165) is 16.5 Å². The zero-order valence-electron chi connectivity index (χ0n) is 8.83. The van der Waals surface area contributed by atoms with Gasteiger partial charge >= 0.3 is 0 Å². The number of hydrogen-bond acceptors (Lipinski definition) is 1. The Balaban J connectivity index is 2.56. The van der Waals surface area contributed by atoms with E-state index in [4.69, 9.17) is 0 Å². The molecule has 0 saturated carbocycles. The van der Waals surface area contributed by atoms with Crippen LogP contribution < -0.4 is 0 Å². The molecule has 1 aromatic carbocycles. The third kappa shape index (κ3) is 1.68. The van der Waals surface area contributed by atoms with Crippen LogP contribution in [0.4, 0.5) is 0 Å². The van der Waals surface area contributed by atoms with Crippen LogP contribution in [0.2, 0.25) is 0 Å². The molecule has 0 bridgehead atoms. The monoisotopic (exact) mass is 201 g/mol. The molecule has 0 saturated heterocycles. The van der Waals surface area contributed by atoms with Crippen molar-refractivity contribution in [3.63, 3.8) is 0 Å². The highest BCUT2D eigenvalue weighted by atomic mass is 16.3. The lowest BCUT2D eigenvalue weighted by molar-refractivity contribution is 0.0622. The van der Waals surface area contributed by atoms with E-state index < -0.39 is 5.60 Å². The highest BCUT2D eigenvalue weighted by Gasteiger charge is 2.24. The second-order valence-corrected chi connectivity index (χ2v) is 4.01. The molecular weight excluding hydrogens is 186 g/mol. The summed E-state index contributed by atoms with van der Waals surface area (Å²) in [6, 6.07) is 7.97. The first-order chi connectivity index (χ1) is 7.15. The molecule has 0 spiro atoms. The number of rotatable bonds is 3. The Bertz CT molecular complexity index is 482. The van der Waals surface area contributed by atoms with Crippen LogP contribution in [0.3, 0.4) is 0 Å². The number of aromatic amines is 1. The van der Waals surface area contributed by atoms with E-state index in [2.05, 4.69) is 11.6 Å². The summed E-state index contributed by atoms with van der Waals surface area (Å²) in [5, 5.41) is 11.4. The molecule has 0 aliphatic rings. The predicted molar refractivity (Wildman–Crippen MR) is 62.7 cm³/mol. The van der Waals surface area contributed by atoms with Crippen molar-refractivity contribution in [1.82, 2.24) is 4.98 Å². The molecule has 0 fully saturated rings. The van der Waals surface area contributed by atoms with Crippen molar-refractivity contribution in [1.29, 1.82) is 0 Å².